The Labute approximate surface area is 108 Å². The molecule has 0 fully saturated rings. The first-order valence-corrected chi connectivity index (χ1v) is 6.48. The summed E-state index contributed by atoms with van der Waals surface area (Å²) in [4.78, 5) is 2.08. The summed E-state index contributed by atoms with van der Waals surface area (Å²) in [5, 5.41) is 14.4. The van der Waals surface area contributed by atoms with E-state index in [2.05, 4.69) is 23.8 Å². The molecule has 5 heteroatoms. The van der Waals surface area contributed by atoms with Crippen LogP contribution >= 0.6 is 11.6 Å². The molecule has 0 aliphatic heterocycles. The molecule has 17 heavy (non-hydrogen) atoms. The fourth-order valence-electron chi connectivity index (χ4n) is 1.70. The number of hydrogen-bond acceptors (Lipinski definition) is 3. The van der Waals surface area contributed by atoms with Crippen molar-refractivity contribution in [2.75, 3.05) is 13.7 Å². The molecule has 0 radical (unpaired) electrons. The second kappa shape index (κ2) is 6.38. The summed E-state index contributed by atoms with van der Waals surface area (Å²) in [6, 6.07) is 0.122. The summed E-state index contributed by atoms with van der Waals surface area (Å²) in [7, 11) is 1.98. The topological polar surface area (TPSA) is 41.3 Å². The van der Waals surface area contributed by atoms with Crippen LogP contribution in [0.3, 0.4) is 0 Å². The Morgan fingerprint density at radius 3 is 2.59 bits per heavy atom. The molecule has 1 aromatic heterocycles. The highest BCUT2D eigenvalue weighted by molar-refractivity contribution is 6.31. The summed E-state index contributed by atoms with van der Waals surface area (Å²) in [5.74, 6) is 0. The van der Waals surface area contributed by atoms with Crippen molar-refractivity contribution in [2.45, 2.75) is 46.3 Å². The van der Waals surface area contributed by atoms with Crippen molar-refractivity contribution in [3.8, 4) is 0 Å². The Kier molecular flexibility index (Phi) is 5.43. The van der Waals surface area contributed by atoms with Crippen molar-refractivity contribution in [3.63, 3.8) is 0 Å². The lowest BCUT2D eigenvalue weighted by Gasteiger charge is -2.23. The molecule has 1 atom stereocenters. The van der Waals surface area contributed by atoms with E-state index in [4.69, 9.17) is 16.7 Å². The first-order valence-electron chi connectivity index (χ1n) is 6.10. The molecular weight excluding hydrogens is 238 g/mol. The van der Waals surface area contributed by atoms with Gasteiger partial charge in [-0.3, -0.25) is 9.58 Å². The van der Waals surface area contributed by atoms with Gasteiger partial charge >= 0.3 is 0 Å². The number of aliphatic hydroxyl groups is 1. The van der Waals surface area contributed by atoms with Crippen LogP contribution < -0.4 is 0 Å². The Balaban J connectivity index is 2.92. The molecule has 0 amide bonds. The number of likely N-dealkylation sites (N-methyl/N-ethyl adjacent to an activating group) is 1. The Hall–Kier alpha value is -0.580. The van der Waals surface area contributed by atoms with Gasteiger partial charge < -0.3 is 5.11 Å². The van der Waals surface area contributed by atoms with Gasteiger partial charge in [-0.1, -0.05) is 18.5 Å². The monoisotopic (exact) mass is 259 g/mol. The van der Waals surface area contributed by atoms with E-state index < -0.39 is 0 Å². The maximum atomic E-state index is 9.13. The van der Waals surface area contributed by atoms with Crippen LogP contribution in [0.5, 0.6) is 0 Å². The smallest absolute Gasteiger partial charge is 0.0863 e. The summed E-state index contributed by atoms with van der Waals surface area (Å²) >= 11 is 6.33. The van der Waals surface area contributed by atoms with Crippen LogP contribution in [0.15, 0.2) is 0 Å². The van der Waals surface area contributed by atoms with Gasteiger partial charge in [0.25, 0.3) is 0 Å². The summed E-state index contributed by atoms with van der Waals surface area (Å²) in [6.45, 7) is 7.77. The third-order valence-corrected chi connectivity index (χ3v) is 3.55. The third-order valence-electron chi connectivity index (χ3n) is 3.11. The molecule has 4 nitrogen and oxygen atoms in total. The van der Waals surface area contributed by atoms with Gasteiger partial charge in [0, 0.05) is 19.1 Å². The van der Waals surface area contributed by atoms with Crippen LogP contribution in [0.2, 0.25) is 5.02 Å². The molecule has 1 aromatic rings. The molecule has 1 N–H and O–H groups in total. The lowest BCUT2D eigenvalue weighted by Crippen LogP contribution is -2.32. The van der Waals surface area contributed by atoms with Crippen molar-refractivity contribution in [1.82, 2.24) is 14.7 Å². The molecule has 98 valence electrons. The summed E-state index contributed by atoms with van der Waals surface area (Å²) in [6.07, 6.45) is 0.845. The molecule has 0 aliphatic rings. The number of aliphatic hydroxyl groups excluding tert-OH is 1. The predicted octanol–water partition coefficient (Wildman–Crippen LogP) is 1.93. The second-order valence-corrected chi connectivity index (χ2v) is 4.70. The van der Waals surface area contributed by atoms with Crippen LogP contribution in [-0.2, 0) is 19.5 Å². The number of nitrogens with zero attached hydrogens (tertiary/aromatic N) is 3. The predicted molar refractivity (Wildman–Crippen MR) is 70.3 cm³/mol. The van der Waals surface area contributed by atoms with Crippen LogP contribution in [0.4, 0.5) is 0 Å². The van der Waals surface area contributed by atoms with Crippen molar-refractivity contribution in [1.29, 1.82) is 0 Å². The minimum Gasteiger partial charge on any atom is -0.395 e. The van der Waals surface area contributed by atoms with Gasteiger partial charge in [0.2, 0.25) is 0 Å². The van der Waals surface area contributed by atoms with E-state index in [1.165, 1.54) is 0 Å². The average Bonchev–Trinajstić information content (AvgIpc) is 2.65. The molecule has 0 saturated heterocycles. The standard InChI is InChI=1S/C12H22ClN3O/c1-5-10-12(13)11(16(6-2)14-10)7-15(4)9(3)8-17/h9,17H,5-8H2,1-4H3. The molecule has 0 spiro atoms. The lowest BCUT2D eigenvalue weighted by atomic mass is 10.2. The number of rotatable bonds is 6. The van der Waals surface area contributed by atoms with Crippen LogP contribution in [0, 0.1) is 0 Å². The first kappa shape index (κ1) is 14.5. The molecular formula is C12H22ClN3O. The maximum absolute atomic E-state index is 9.13. The molecule has 0 bridgehead atoms. The number of aryl methyl sites for hydroxylation is 2. The largest absolute Gasteiger partial charge is 0.395 e. The van der Waals surface area contributed by atoms with Gasteiger partial charge in [-0.15, -0.1) is 0 Å². The second-order valence-electron chi connectivity index (χ2n) is 4.32. The van der Waals surface area contributed by atoms with E-state index in [0.29, 0.717) is 6.54 Å². The molecule has 1 heterocycles. The zero-order valence-electron chi connectivity index (χ0n) is 11.1. The zero-order valence-corrected chi connectivity index (χ0v) is 11.8. The normalized spacial score (nSPS) is 13.4. The van der Waals surface area contributed by atoms with E-state index in [1.54, 1.807) is 0 Å². The number of hydrogen-bond donors (Lipinski definition) is 1. The SMILES string of the molecule is CCc1nn(CC)c(CN(C)C(C)CO)c1Cl. The van der Waals surface area contributed by atoms with Crippen LogP contribution in [-0.4, -0.2) is 39.5 Å². The quantitative estimate of drug-likeness (QED) is 0.849. The van der Waals surface area contributed by atoms with Crippen LogP contribution in [0.1, 0.15) is 32.2 Å². The number of aromatic nitrogens is 2. The van der Waals surface area contributed by atoms with Gasteiger partial charge in [0.15, 0.2) is 0 Å². The average molecular weight is 260 g/mol. The van der Waals surface area contributed by atoms with E-state index in [-0.39, 0.29) is 12.6 Å². The highest BCUT2D eigenvalue weighted by atomic mass is 35.5. The van der Waals surface area contributed by atoms with E-state index in [0.717, 1.165) is 29.4 Å². The Morgan fingerprint density at radius 2 is 2.12 bits per heavy atom. The maximum Gasteiger partial charge on any atom is 0.0863 e. The highest BCUT2D eigenvalue weighted by Gasteiger charge is 2.17. The van der Waals surface area contributed by atoms with Crippen molar-refractivity contribution in [2.24, 2.45) is 0 Å². The van der Waals surface area contributed by atoms with E-state index >= 15 is 0 Å². The summed E-state index contributed by atoms with van der Waals surface area (Å²) < 4.78 is 1.95. The first-order chi connectivity index (χ1) is 8.04. The van der Waals surface area contributed by atoms with Gasteiger partial charge in [0.1, 0.15) is 0 Å². The fourth-order valence-corrected chi connectivity index (χ4v) is 2.03. The molecule has 0 saturated carbocycles. The zero-order chi connectivity index (χ0) is 13.0. The van der Waals surface area contributed by atoms with E-state index in [9.17, 15) is 0 Å². The van der Waals surface area contributed by atoms with Crippen molar-refractivity contribution in [3.05, 3.63) is 16.4 Å². The fraction of sp³-hybridized carbons (Fsp3) is 0.750. The highest BCUT2D eigenvalue weighted by Crippen LogP contribution is 2.23. The Bertz CT molecular complexity index is 365. The van der Waals surface area contributed by atoms with Gasteiger partial charge in [-0.25, -0.2) is 0 Å². The van der Waals surface area contributed by atoms with Crippen molar-refractivity contribution >= 4 is 11.6 Å². The molecule has 1 rings (SSSR count). The Morgan fingerprint density at radius 1 is 1.47 bits per heavy atom. The summed E-state index contributed by atoms with van der Waals surface area (Å²) in [5.41, 5.74) is 1.99. The van der Waals surface area contributed by atoms with Crippen molar-refractivity contribution < 1.29 is 5.11 Å². The van der Waals surface area contributed by atoms with Gasteiger partial charge in [0.05, 0.1) is 23.0 Å². The van der Waals surface area contributed by atoms with Gasteiger partial charge in [-0.2, -0.15) is 5.10 Å². The van der Waals surface area contributed by atoms with E-state index in [1.807, 2.05) is 18.7 Å². The number of halogens is 1. The molecule has 0 aromatic carbocycles. The lowest BCUT2D eigenvalue weighted by molar-refractivity contribution is 0.151. The minimum atomic E-state index is 0.122. The van der Waals surface area contributed by atoms with Gasteiger partial charge in [-0.05, 0) is 27.3 Å². The molecule has 1 unspecified atom stereocenters. The van der Waals surface area contributed by atoms with Crippen LogP contribution in [0.25, 0.3) is 0 Å². The minimum absolute atomic E-state index is 0.122. The molecule has 0 aliphatic carbocycles. The third kappa shape index (κ3) is 3.21.